The van der Waals surface area contributed by atoms with E-state index in [4.69, 9.17) is 10.7 Å². The molecule has 3 aromatic rings. The Morgan fingerprint density at radius 3 is 2.36 bits per heavy atom. The first-order valence-electron chi connectivity index (χ1n) is 8.06. The van der Waals surface area contributed by atoms with Crippen LogP contribution in [0, 0.1) is 6.92 Å². The Kier molecular flexibility index (Phi) is 4.12. The second-order valence-corrected chi connectivity index (χ2v) is 7.08. The van der Waals surface area contributed by atoms with Crippen molar-refractivity contribution in [2.75, 3.05) is 0 Å². The Morgan fingerprint density at radius 1 is 1.08 bits per heavy atom. The molecule has 2 heterocycles. The van der Waals surface area contributed by atoms with Gasteiger partial charge in [0.2, 0.25) is 5.91 Å². The Labute approximate surface area is 146 Å². The number of nitrogens with zero attached hydrogens (tertiary/aromatic N) is 4. The first-order valence-corrected chi connectivity index (χ1v) is 8.06. The monoisotopic (exact) mass is 335 g/mol. The number of primary amides is 1. The van der Waals surface area contributed by atoms with Crippen LogP contribution in [0.2, 0.25) is 0 Å². The molecule has 0 aliphatic carbocycles. The van der Waals surface area contributed by atoms with Crippen molar-refractivity contribution in [1.29, 1.82) is 0 Å². The Balaban J connectivity index is 2.07. The van der Waals surface area contributed by atoms with E-state index >= 15 is 0 Å². The quantitative estimate of drug-likeness (QED) is 0.717. The maximum absolute atomic E-state index is 11.1. The highest BCUT2D eigenvalue weighted by Crippen LogP contribution is 2.33. The lowest BCUT2D eigenvalue weighted by molar-refractivity contribution is 0.100. The van der Waals surface area contributed by atoms with Gasteiger partial charge in [0, 0.05) is 17.2 Å². The molecule has 2 aromatic heterocycles. The van der Waals surface area contributed by atoms with Crippen molar-refractivity contribution < 1.29 is 4.79 Å². The summed E-state index contributed by atoms with van der Waals surface area (Å²) in [6.45, 7) is 8.33. The molecule has 3 rings (SSSR count). The highest BCUT2D eigenvalue weighted by molar-refractivity contribution is 5.92. The van der Waals surface area contributed by atoms with Gasteiger partial charge in [-0.2, -0.15) is 0 Å². The lowest BCUT2D eigenvalue weighted by atomic mass is 9.92. The van der Waals surface area contributed by atoms with Gasteiger partial charge in [-0.05, 0) is 42.8 Å². The number of aromatic nitrogens is 2. The van der Waals surface area contributed by atoms with E-state index in [1.807, 2.05) is 29.7 Å². The maximum Gasteiger partial charge on any atom is 0.248 e. The van der Waals surface area contributed by atoms with Gasteiger partial charge in [0.25, 0.3) is 0 Å². The number of imidazole rings is 1. The summed E-state index contributed by atoms with van der Waals surface area (Å²) in [5, 5.41) is 8.77. The highest BCUT2D eigenvalue weighted by Gasteiger charge is 2.24. The molecule has 0 spiro atoms. The van der Waals surface area contributed by atoms with Crippen molar-refractivity contribution in [2.24, 2.45) is 16.0 Å². The van der Waals surface area contributed by atoms with Crippen LogP contribution < -0.4 is 5.73 Å². The number of carbonyl (C=O) groups is 1. The van der Waals surface area contributed by atoms with Gasteiger partial charge in [-0.25, -0.2) is 4.98 Å². The molecule has 6 nitrogen and oxygen atoms in total. The van der Waals surface area contributed by atoms with Crippen LogP contribution in [0.15, 0.2) is 52.8 Å². The number of hydrogen-bond donors (Lipinski definition) is 1. The largest absolute Gasteiger partial charge is 0.366 e. The molecule has 128 valence electrons. The van der Waals surface area contributed by atoms with Crippen LogP contribution in [-0.2, 0) is 5.41 Å². The number of amides is 1. The second kappa shape index (κ2) is 6.12. The first kappa shape index (κ1) is 16.8. The number of aryl methyl sites for hydroxylation is 1. The molecule has 0 fully saturated rings. The molecular weight excluding hydrogens is 314 g/mol. The van der Waals surface area contributed by atoms with E-state index in [2.05, 4.69) is 31.0 Å². The van der Waals surface area contributed by atoms with Gasteiger partial charge < -0.3 is 5.73 Å². The van der Waals surface area contributed by atoms with Crippen molar-refractivity contribution in [3.8, 4) is 0 Å². The molecule has 25 heavy (non-hydrogen) atoms. The van der Waals surface area contributed by atoms with Gasteiger partial charge in [-0.3, -0.25) is 9.20 Å². The molecule has 1 aromatic carbocycles. The maximum atomic E-state index is 11.1. The zero-order valence-electron chi connectivity index (χ0n) is 14.8. The molecular formula is C19H21N5O. The van der Waals surface area contributed by atoms with Crippen LogP contribution in [0.25, 0.3) is 5.65 Å². The third kappa shape index (κ3) is 3.42. The van der Waals surface area contributed by atoms with Crippen molar-refractivity contribution in [3.05, 3.63) is 59.4 Å². The molecule has 2 N–H and O–H groups in total. The minimum Gasteiger partial charge on any atom is -0.366 e. The van der Waals surface area contributed by atoms with Crippen LogP contribution in [0.4, 0.5) is 11.5 Å². The smallest absolute Gasteiger partial charge is 0.248 e. The lowest BCUT2D eigenvalue weighted by Gasteiger charge is -2.15. The number of azo groups is 1. The van der Waals surface area contributed by atoms with E-state index in [-0.39, 0.29) is 5.41 Å². The summed E-state index contributed by atoms with van der Waals surface area (Å²) in [6.07, 6.45) is 2.00. The Hall–Kier alpha value is -3.02. The number of nitrogens with two attached hydrogens (primary N) is 1. The fourth-order valence-electron chi connectivity index (χ4n) is 2.53. The number of fused-ring (bicyclic) bond motifs is 1. The van der Waals surface area contributed by atoms with Crippen molar-refractivity contribution in [2.45, 2.75) is 33.1 Å². The first-order chi connectivity index (χ1) is 11.8. The van der Waals surface area contributed by atoms with Gasteiger partial charge in [0.05, 0.1) is 11.4 Å². The number of hydrogen-bond acceptors (Lipinski definition) is 4. The fourth-order valence-corrected chi connectivity index (χ4v) is 2.53. The standard InChI is InChI=1S/C19H21N5O/c1-12-5-10-15-21-16(19(2,3)4)18(24(15)11-12)23-22-14-8-6-13(7-9-14)17(20)25/h5-11H,1-4H3,(H2,20,25). The summed E-state index contributed by atoms with van der Waals surface area (Å²) in [5.41, 5.74) is 9.03. The van der Waals surface area contributed by atoms with Crippen LogP contribution in [0.5, 0.6) is 0 Å². The zero-order valence-corrected chi connectivity index (χ0v) is 14.8. The van der Waals surface area contributed by atoms with Crippen molar-refractivity contribution in [1.82, 2.24) is 9.38 Å². The number of carbonyl (C=O) groups excluding carboxylic acids is 1. The van der Waals surface area contributed by atoms with Gasteiger partial charge in [0.1, 0.15) is 5.65 Å². The third-order valence-electron chi connectivity index (χ3n) is 3.86. The van der Waals surface area contributed by atoms with Gasteiger partial charge in [0.15, 0.2) is 5.82 Å². The van der Waals surface area contributed by atoms with Gasteiger partial charge in [-0.15, -0.1) is 10.2 Å². The summed E-state index contributed by atoms with van der Waals surface area (Å²) in [4.78, 5) is 15.9. The van der Waals surface area contributed by atoms with Crippen LogP contribution in [-0.4, -0.2) is 15.3 Å². The molecule has 0 bridgehead atoms. The van der Waals surface area contributed by atoms with Crippen molar-refractivity contribution >= 4 is 23.1 Å². The fraction of sp³-hybridized carbons (Fsp3) is 0.263. The predicted molar refractivity (Wildman–Crippen MR) is 97.8 cm³/mol. The van der Waals surface area contributed by atoms with Gasteiger partial charge in [-0.1, -0.05) is 26.8 Å². The molecule has 0 aliphatic heterocycles. The van der Waals surface area contributed by atoms with Gasteiger partial charge >= 0.3 is 0 Å². The topological polar surface area (TPSA) is 85.1 Å². The summed E-state index contributed by atoms with van der Waals surface area (Å²) in [6, 6.07) is 10.7. The average Bonchev–Trinajstić information content (AvgIpc) is 2.91. The summed E-state index contributed by atoms with van der Waals surface area (Å²) >= 11 is 0. The van der Waals surface area contributed by atoms with E-state index in [9.17, 15) is 4.79 Å². The van der Waals surface area contributed by atoms with Crippen LogP contribution in [0.3, 0.4) is 0 Å². The minimum absolute atomic E-state index is 0.163. The van der Waals surface area contributed by atoms with E-state index in [0.29, 0.717) is 17.1 Å². The van der Waals surface area contributed by atoms with E-state index in [1.54, 1.807) is 24.3 Å². The van der Waals surface area contributed by atoms with E-state index in [0.717, 1.165) is 16.9 Å². The SMILES string of the molecule is Cc1ccc2nc(C(C)(C)C)c(N=Nc3ccc(C(N)=O)cc3)n2c1. The molecule has 0 aliphatic rings. The third-order valence-corrected chi connectivity index (χ3v) is 3.86. The Morgan fingerprint density at radius 2 is 1.76 bits per heavy atom. The van der Waals surface area contributed by atoms with Crippen LogP contribution in [0.1, 0.15) is 42.4 Å². The molecule has 0 atom stereocenters. The molecule has 6 heteroatoms. The molecule has 0 saturated heterocycles. The number of benzene rings is 1. The molecule has 1 amide bonds. The zero-order chi connectivity index (χ0) is 18.2. The molecule has 0 radical (unpaired) electrons. The van der Waals surface area contributed by atoms with E-state index in [1.165, 1.54) is 0 Å². The van der Waals surface area contributed by atoms with Crippen molar-refractivity contribution in [3.63, 3.8) is 0 Å². The second-order valence-electron chi connectivity index (χ2n) is 7.08. The van der Waals surface area contributed by atoms with Crippen LogP contribution >= 0.6 is 0 Å². The molecule has 0 unspecified atom stereocenters. The predicted octanol–water partition coefficient (Wildman–Crippen LogP) is 4.45. The minimum atomic E-state index is -0.462. The van der Waals surface area contributed by atoms with E-state index < -0.39 is 5.91 Å². The summed E-state index contributed by atoms with van der Waals surface area (Å²) in [7, 11) is 0. The summed E-state index contributed by atoms with van der Waals surface area (Å²) in [5.74, 6) is 0.251. The summed E-state index contributed by atoms with van der Waals surface area (Å²) < 4.78 is 1.96. The number of rotatable bonds is 3. The molecule has 0 saturated carbocycles. The Bertz CT molecular complexity index is 962. The highest BCUT2D eigenvalue weighted by atomic mass is 16.1. The lowest BCUT2D eigenvalue weighted by Crippen LogP contribution is -2.11. The normalized spacial score (nSPS) is 12.2. The average molecular weight is 335 g/mol. The number of pyridine rings is 1.